The summed E-state index contributed by atoms with van der Waals surface area (Å²) in [7, 11) is 3.21. The van der Waals surface area contributed by atoms with E-state index in [1.54, 1.807) is 31.2 Å². The lowest BCUT2D eigenvalue weighted by molar-refractivity contribution is -0.138. The van der Waals surface area contributed by atoms with Gasteiger partial charge in [0.25, 0.3) is 0 Å². The van der Waals surface area contributed by atoms with Crippen molar-refractivity contribution < 1.29 is 17.9 Å². The third-order valence-electron chi connectivity index (χ3n) is 3.00. The maximum Gasteiger partial charge on any atom is 0.390 e. The zero-order chi connectivity index (χ0) is 14.5. The molecule has 2 N–H and O–H groups in total. The van der Waals surface area contributed by atoms with Crippen LogP contribution in [-0.4, -0.2) is 38.3 Å². The van der Waals surface area contributed by atoms with Gasteiger partial charge in [-0.05, 0) is 24.7 Å². The highest BCUT2D eigenvalue weighted by molar-refractivity contribution is 5.29. The average molecular weight is 276 g/mol. The van der Waals surface area contributed by atoms with Gasteiger partial charge in [0.1, 0.15) is 5.75 Å². The first-order chi connectivity index (χ1) is 8.87. The van der Waals surface area contributed by atoms with Crippen LogP contribution < -0.4 is 10.5 Å². The summed E-state index contributed by atoms with van der Waals surface area (Å²) in [5.74, 6) is 0.706. The van der Waals surface area contributed by atoms with Crippen LogP contribution in [0.2, 0.25) is 0 Å². The molecule has 0 saturated heterocycles. The van der Waals surface area contributed by atoms with E-state index in [2.05, 4.69) is 0 Å². The second-order valence-electron chi connectivity index (χ2n) is 4.37. The summed E-state index contributed by atoms with van der Waals surface area (Å²) >= 11 is 0. The molecular weight excluding hydrogens is 257 g/mol. The third kappa shape index (κ3) is 5.08. The fourth-order valence-electron chi connectivity index (χ4n) is 1.86. The van der Waals surface area contributed by atoms with Gasteiger partial charge in [0, 0.05) is 19.1 Å². The van der Waals surface area contributed by atoms with Crippen molar-refractivity contribution in [1.82, 2.24) is 4.90 Å². The first kappa shape index (κ1) is 15.8. The quantitative estimate of drug-likeness (QED) is 0.868. The number of hydrogen-bond donors (Lipinski definition) is 1. The molecule has 0 aliphatic heterocycles. The van der Waals surface area contributed by atoms with Gasteiger partial charge in [0.2, 0.25) is 0 Å². The number of halogens is 3. The highest BCUT2D eigenvalue weighted by atomic mass is 19.4. The molecule has 1 aromatic rings. The zero-order valence-corrected chi connectivity index (χ0v) is 11.1. The van der Waals surface area contributed by atoms with Crippen LogP contribution in [0.3, 0.4) is 0 Å². The third-order valence-corrected chi connectivity index (χ3v) is 3.00. The highest BCUT2D eigenvalue weighted by Gasteiger charge is 2.28. The van der Waals surface area contributed by atoms with Gasteiger partial charge in [0.05, 0.1) is 13.5 Å². The minimum atomic E-state index is -4.15. The smallest absolute Gasteiger partial charge is 0.390 e. The van der Waals surface area contributed by atoms with Gasteiger partial charge < -0.3 is 10.5 Å². The molecule has 19 heavy (non-hydrogen) atoms. The highest BCUT2D eigenvalue weighted by Crippen LogP contribution is 2.24. The number of methoxy groups -OCH3 is 1. The van der Waals surface area contributed by atoms with Crippen LogP contribution in [0.5, 0.6) is 5.75 Å². The molecule has 1 atom stereocenters. The summed E-state index contributed by atoms with van der Waals surface area (Å²) in [6, 6.07) is 6.96. The molecule has 108 valence electrons. The minimum absolute atomic E-state index is 0.0720. The topological polar surface area (TPSA) is 38.5 Å². The lowest BCUT2D eigenvalue weighted by Gasteiger charge is -2.27. The zero-order valence-electron chi connectivity index (χ0n) is 11.1. The molecule has 3 nitrogen and oxygen atoms in total. The summed E-state index contributed by atoms with van der Waals surface area (Å²) in [5.41, 5.74) is 6.54. The molecule has 1 rings (SSSR count). The Hall–Kier alpha value is -1.27. The summed E-state index contributed by atoms with van der Waals surface area (Å²) < 4.78 is 41.7. The Balaban J connectivity index is 2.70. The monoisotopic (exact) mass is 276 g/mol. The number of hydrogen-bond acceptors (Lipinski definition) is 3. The van der Waals surface area contributed by atoms with Gasteiger partial charge in [-0.3, -0.25) is 4.90 Å². The lowest BCUT2D eigenvalue weighted by atomic mass is 10.1. The Labute approximate surface area is 111 Å². The van der Waals surface area contributed by atoms with Gasteiger partial charge in [-0.2, -0.15) is 13.2 Å². The maximum absolute atomic E-state index is 12.2. The van der Waals surface area contributed by atoms with E-state index in [0.29, 0.717) is 5.75 Å². The van der Waals surface area contributed by atoms with Gasteiger partial charge in [-0.25, -0.2) is 0 Å². The number of nitrogens with two attached hydrogens (primary N) is 1. The Morgan fingerprint density at radius 3 is 2.26 bits per heavy atom. The molecule has 0 fully saturated rings. The Morgan fingerprint density at radius 1 is 1.26 bits per heavy atom. The number of likely N-dealkylation sites (N-methyl/N-ethyl adjacent to an activating group) is 1. The summed E-state index contributed by atoms with van der Waals surface area (Å²) in [5, 5.41) is 0. The van der Waals surface area contributed by atoms with E-state index in [1.165, 1.54) is 0 Å². The lowest BCUT2D eigenvalue weighted by Crippen LogP contribution is -2.33. The minimum Gasteiger partial charge on any atom is -0.497 e. The molecule has 0 aromatic heterocycles. The van der Waals surface area contributed by atoms with E-state index < -0.39 is 12.6 Å². The molecule has 0 bridgehead atoms. The van der Waals surface area contributed by atoms with Crippen LogP contribution in [-0.2, 0) is 0 Å². The Morgan fingerprint density at radius 2 is 1.84 bits per heavy atom. The standard InChI is InChI=1S/C13H19F3N2O/c1-18(8-7-13(14,15)16)12(9-17)10-3-5-11(19-2)6-4-10/h3-6,12H,7-9,17H2,1-2H3. The van der Waals surface area contributed by atoms with E-state index in [1.807, 2.05) is 12.1 Å². The molecule has 1 aromatic carbocycles. The van der Waals surface area contributed by atoms with Gasteiger partial charge in [0.15, 0.2) is 0 Å². The van der Waals surface area contributed by atoms with Crippen LogP contribution in [0.25, 0.3) is 0 Å². The van der Waals surface area contributed by atoms with Crippen molar-refractivity contribution in [2.45, 2.75) is 18.6 Å². The number of benzene rings is 1. The van der Waals surface area contributed by atoms with E-state index in [4.69, 9.17) is 10.5 Å². The summed E-state index contributed by atoms with van der Waals surface area (Å²) in [6.07, 6.45) is -4.98. The molecular formula is C13H19F3N2O. The van der Waals surface area contributed by atoms with Crippen LogP contribution in [0.4, 0.5) is 13.2 Å². The Kier molecular flexibility index (Phi) is 5.62. The average Bonchev–Trinajstić information content (AvgIpc) is 2.37. The van der Waals surface area contributed by atoms with Gasteiger partial charge >= 0.3 is 6.18 Å². The van der Waals surface area contributed by atoms with Crippen LogP contribution in [0.1, 0.15) is 18.0 Å². The second kappa shape index (κ2) is 6.77. The van der Waals surface area contributed by atoms with Crippen LogP contribution in [0.15, 0.2) is 24.3 Å². The van der Waals surface area contributed by atoms with Crippen molar-refractivity contribution in [2.24, 2.45) is 5.73 Å². The van der Waals surface area contributed by atoms with Crippen molar-refractivity contribution in [2.75, 3.05) is 27.2 Å². The fourth-order valence-corrected chi connectivity index (χ4v) is 1.86. The predicted molar refractivity (Wildman–Crippen MR) is 68.1 cm³/mol. The molecule has 0 spiro atoms. The number of nitrogens with zero attached hydrogens (tertiary/aromatic N) is 1. The normalized spacial score (nSPS) is 13.6. The summed E-state index contributed by atoms with van der Waals surface area (Å²) in [4.78, 5) is 1.62. The van der Waals surface area contributed by atoms with E-state index in [0.717, 1.165) is 5.56 Å². The van der Waals surface area contributed by atoms with Gasteiger partial charge in [-0.15, -0.1) is 0 Å². The molecule has 0 radical (unpaired) electrons. The Bertz CT molecular complexity index is 378. The predicted octanol–water partition coefficient (Wildman–Crippen LogP) is 2.58. The molecule has 0 amide bonds. The summed E-state index contributed by atoms with van der Waals surface area (Å²) in [6.45, 7) is 0.193. The van der Waals surface area contributed by atoms with Crippen molar-refractivity contribution in [3.8, 4) is 5.75 Å². The van der Waals surface area contributed by atoms with Crippen molar-refractivity contribution in [3.05, 3.63) is 29.8 Å². The maximum atomic E-state index is 12.2. The first-order valence-corrected chi connectivity index (χ1v) is 5.98. The molecule has 0 aliphatic carbocycles. The van der Waals surface area contributed by atoms with Gasteiger partial charge in [-0.1, -0.05) is 12.1 Å². The van der Waals surface area contributed by atoms with E-state index >= 15 is 0 Å². The number of rotatable bonds is 6. The molecule has 0 saturated carbocycles. The van der Waals surface area contributed by atoms with Crippen molar-refractivity contribution in [1.29, 1.82) is 0 Å². The second-order valence-corrected chi connectivity index (χ2v) is 4.37. The van der Waals surface area contributed by atoms with Crippen LogP contribution >= 0.6 is 0 Å². The molecule has 6 heteroatoms. The molecule has 1 unspecified atom stereocenters. The largest absolute Gasteiger partial charge is 0.497 e. The number of alkyl halides is 3. The fraction of sp³-hybridized carbons (Fsp3) is 0.538. The van der Waals surface area contributed by atoms with Crippen molar-refractivity contribution in [3.63, 3.8) is 0 Å². The van der Waals surface area contributed by atoms with E-state index in [-0.39, 0.29) is 19.1 Å². The first-order valence-electron chi connectivity index (χ1n) is 5.98. The molecule has 0 aliphatic rings. The van der Waals surface area contributed by atoms with E-state index in [9.17, 15) is 13.2 Å². The van der Waals surface area contributed by atoms with Crippen LogP contribution in [0, 0.1) is 0 Å². The SMILES string of the molecule is COc1ccc(C(CN)N(C)CCC(F)(F)F)cc1. The van der Waals surface area contributed by atoms with Crippen molar-refractivity contribution >= 4 is 0 Å². The molecule has 0 heterocycles. The number of ether oxygens (including phenoxy) is 1.